The molecule has 0 fully saturated rings. The first-order valence-electron chi connectivity index (χ1n) is 10.1. The maximum atomic E-state index is 13.7. The van der Waals surface area contributed by atoms with Crippen molar-refractivity contribution in [2.24, 2.45) is 0 Å². The number of benzene rings is 3. The van der Waals surface area contributed by atoms with Crippen LogP contribution < -0.4 is 10.1 Å². The molecule has 0 saturated carbocycles. The minimum absolute atomic E-state index is 0.0210. The Balaban J connectivity index is 1.72. The first-order valence-corrected chi connectivity index (χ1v) is 10.1. The molecule has 4 rings (SSSR count). The summed E-state index contributed by atoms with van der Waals surface area (Å²) >= 11 is 0. The lowest BCUT2D eigenvalue weighted by molar-refractivity contribution is -0.137. The number of imide groups is 1. The van der Waals surface area contributed by atoms with Crippen LogP contribution in [0.4, 0.5) is 14.5 Å². The van der Waals surface area contributed by atoms with Crippen LogP contribution in [-0.4, -0.2) is 23.3 Å². The zero-order valence-electron chi connectivity index (χ0n) is 17.3. The lowest BCUT2D eigenvalue weighted by atomic mass is 10.0. The van der Waals surface area contributed by atoms with E-state index >= 15 is 0 Å². The van der Waals surface area contributed by atoms with Gasteiger partial charge < -0.3 is 10.1 Å². The number of nitrogens with one attached hydrogen (secondary N) is 1. The third kappa shape index (κ3) is 4.37. The van der Waals surface area contributed by atoms with Crippen molar-refractivity contribution in [1.29, 1.82) is 0 Å². The number of amides is 2. The number of anilines is 1. The molecule has 1 aliphatic heterocycles. The van der Waals surface area contributed by atoms with Crippen molar-refractivity contribution in [2.45, 2.75) is 13.5 Å². The molecule has 0 bridgehead atoms. The summed E-state index contributed by atoms with van der Waals surface area (Å²) in [5, 5.41) is 2.91. The second-order valence-corrected chi connectivity index (χ2v) is 7.17. The Kier molecular flexibility index (Phi) is 5.98. The van der Waals surface area contributed by atoms with Gasteiger partial charge in [0.05, 0.1) is 18.7 Å². The minimum Gasteiger partial charge on any atom is -0.494 e. The second kappa shape index (κ2) is 9.01. The third-order valence-corrected chi connectivity index (χ3v) is 4.97. The molecule has 0 spiro atoms. The fraction of sp³-hybridized carbons (Fsp3) is 0.120. The van der Waals surface area contributed by atoms with E-state index in [9.17, 15) is 18.4 Å². The Labute approximate surface area is 183 Å². The summed E-state index contributed by atoms with van der Waals surface area (Å²) < 4.78 is 32.4. The first-order chi connectivity index (χ1) is 15.5. The van der Waals surface area contributed by atoms with Crippen LogP contribution in [0.25, 0.3) is 5.57 Å². The van der Waals surface area contributed by atoms with E-state index in [2.05, 4.69) is 5.32 Å². The average molecular weight is 434 g/mol. The summed E-state index contributed by atoms with van der Waals surface area (Å²) in [5.74, 6) is -1.29. The van der Waals surface area contributed by atoms with Gasteiger partial charge >= 0.3 is 0 Å². The fourth-order valence-corrected chi connectivity index (χ4v) is 3.47. The highest BCUT2D eigenvalue weighted by molar-refractivity contribution is 6.36. The summed E-state index contributed by atoms with van der Waals surface area (Å²) in [5.41, 5.74) is 1.68. The predicted octanol–water partition coefficient (Wildman–Crippen LogP) is 4.76. The summed E-state index contributed by atoms with van der Waals surface area (Å²) in [6, 6.07) is 18.0. The lowest BCUT2D eigenvalue weighted by Gasteiger charge is -2.15. The Morgan fingerprint density at radius 1 is 0.875 bits per heavy atom. The first kappa shape index (κ1) is 21.2. The van der Waals surface area contributed by atoms with E-state index in [-0.39, 0.29) is 17.8 Å². The summed E-state index contributed by atoms with van der Waals surface area (Å²) in [7, 11) is 0. The van der Waals surface area contributed by atoms with Gasteiger partial charge in [0, 0.05) is 5.69 Å². The Morgan fingerprint density at radius 3 is 2.25 bits per heavy atom. The molecule has 0 aromatic heterocycles. The van der Waals surface area contributed by atoms with Crippen LogP contribution in [-0.2, 0) is 16.1 Å². The molecular weight excluding hydrogens is 414 g/mol. The van der Waals surface area contributed by atoms with E-state index in [1.165, 1.54) is 42.5 Å². The maximum Gasteiger partial charge on any atom is 0.278 e. The van der Waals surface area contributed by atoms with Crippen molar-refractivity contribution in [3.05, 3.63) is 101 Å². The number of hydrogen-bond donors (Lipinski definition) is 1. The van der Waals surface area contributed by atoms with E-state index in [0.29, 0.717) is 29.2 Å². The van der Waals surface area contributed by atoms with E-state index in [1.807, 2.05) is 6.92 Å². The van der Waals surface area contributed by atoms with E-state index in [0.717, 1.165) is 4.90 Å². The smallest absolute Gasteiger partial charge is 0.278 e. The van der Waals surface area contributed by atoms with Crippen molar-refractivity contribution in [3.8, 4) is 5.75 Å². The number of ether oxygens (including phenoxy) is 1. The second-order valence-electron chi connectivity index (χ2n) is 7.17. The van der Waals surface area contributed by atoms with Gasteiger partial charge in [-0.15, -0.1) is 0 Å². The molecule has 3 aromatic rings. The van der Waals surface area contributed by atoms with Crippen LogP contribution in [0.2, 0.25) is 0 Å². The SMILES string of the molecule is CCOc1ccc(C2=C(Nc3cccc(F)c3)C(=O)N(Cc3ccc(F)cc3)C2=O)cc1. The van der Waals surface area contributed by atoms with Crippen LogP contribution in [0, 0.1) is 11.6 Å². The monoisotopic (exact) mass is 434 g/mol. The van der Waals surface area contributed by atoms with Gasteiger partial charge in [-0.1, -0.05) is 30.3 Å². The minimum atomic E-state index is -0.549. The molecule has 0 radical (unpaired) electrons. The highest BCUT2D eigenvalue weighted by Gasteiger charge is 2.39. The fourth-order valence-electron chi connectivity index (χ4n) is 3.47. The number of hydrogen-bond acceptors (Lipinski definition) is 4. The van der Waals surface area contributed by atoms with Crippen molar-refractivity contribution in [2.75, 3.05) is 11.9 Å². The van der Waals surface area contributed by atoms with E-state index in [1.54, 1.807) is 30.3 Å². The summed E-state index contributed by atoms with van der Waals surface area (Å²) in [6.45, 7) is 2.34. The van der Waals surface area contributed by atoms with Crippen LogP contribution in [0.3, 0.4) is 0 Å². The molecule has 0 unspecified atom stereocenters. The van der Waals surface area contributed by atoms with Crippen molar-refractivity contribution < 1.29 is 23.1 Å². The van der Waals surface area contributed by atoms with Gasteiger partial charge in [0.15, 0.2) is 0 Å². The molecule has 162 valence electrons. The maximum absolute atomic E-state index is 13.7. The highest BCUT2D eigenvalue weighted by atomic mass is 19.1. The Bertz CT molecular complexity index is 1190. The molecule has 5 nitrogen and oxygen atoms in total. The number of rotatable bonds is 7. The standard InChI is InChI=1S/C25H20F2N2O3/c1-2-32-21-12-8-17(9-13-21)22-23(28-20-5-3-4-19(27)14-20)25(31)29(24(22)30)15-16-6-10-18(26)11-7-16/h3-14,28H,2,15H2,1H3. The van der Waals surface area contributed by atoms with Gasteiger partial charge in [0.1, 0.15) is 23.1 Å². The van der Waals surface area contributed by atoms with Crippen LogP contribution >= 0.6 is 0 Å². The number of nitrogens with zero attached hydrogens (tertiary/aromatic N) is 1. The zero-order chi connectivity index (χ0) is 22.7. The molecule has 3 aromatic carbocycles. The summed E-state index contributed by atoms with van der Waals surface area (Å²) in [6.07, 6.45) is 0. The van der Waals surface area contributed by atoms with Crippen molar-refractivity contribution in [1.82, 2.24) is 4.90 Å². The molecule has 7 heteroatoms. The van der Waals surface area contributed by atoms with Gasteiger partial charge in [-0.25, -0.2) is 8.78 Å². The van der Waals surface area contributed by atoms with E-state index in [4.69, 9.17) is 4.74 Å². The lowest BCUT2D eigenvalue weighted by Crippen LogP contribution is -2.32. The summed E-state index contributed by atoms with van der Waals surface area (Å²) in [4.78, 5) is 27.6. The molecule has 1 heterocycles. The van der Waals surface area contributed by atoms with Crippen LogP contribution in [0.1, 0.15) is 18.1 Å². The van der Waals surface area contributed by atoms with Gasteiger partial charge in [-0.2, -0.15) is 0 Å². The topological polar surface area (TPSA) is 58.6 Å². The van der Waals surface area contributed by atoms with Crippen LogP contribution in [0.15, 0.2) is 78.5 Å². The van der Waals surface area contributed by atoms with Gasteiger partial charge in [-0.05, 0) is 60.5 Å². The van der Waals surface area contributed by atoms with Crippen LogP contribution in [0.5, 0.6) is 5.75 Å². The molecule has 2 amide bonds. The molecule has 0 atom stereocenters. The number of carbonyl (C=O) groups is 2. The third-order valence-electron chi connectivity index (χ3n) is 4.97. The van der Waals surface area contributed by atoms with Gasteiger partial charge in [-0.3, -0.25) is 14.5 Å². The quantitative estimate of drug-likeness (QED) is 0.545. The number of carbonyl (C=O) groups excluding carboxylic acids is 2. The normalized spacial score (nSPS) is 13.7. The van der Waals surface area contributed by atoms with Gasteiger partial charge in [0.2, 0.25) is 0 Å². The van der Waals surface area contributed by atoms with E-state index < -0.39 is 23.4 Å². The number of halogens is 2. The van der Waals surface area contributed by atoms with Gasteiger partial charge in [0.25, 0.3) is 11.8 Å². The molecule has 32 heavy (non-hydrogen) atoms. The van der Waals surface area contributed by atoms with Crippen molar-refractivity contribution in [3.63, 3.8) is 0 Å². The zero-order valence-corrected chi connectivity index (χ0v) is 17.3. The molecule has 1 aliphatic rings. The van der Waals surface area contributed by atoms with Crippen molar-refractivity contribution >= 4 is 23.1 Å². The highest BCUT2D eigenvalue weighted by Crippen LogP contribution is 2.32. The molecule has 0 aliphatic carbocycles. The largest absolute Gasteiger partial charge is 0.494 e. The molecule has 0 saturated heterocycles. The Hall–Kier alpha value is -4.00. The average Bonchev–Trinajstić information content (AvgIpc) is 3.00. The molecular formula is C25H20F2N2O3. The predicted molar refractivity (Wildman–Crippen MR) is 117 cm³/mol. The molecule has 1 N–H and O–H groups in total. The Morgan fingerprint density at radius 2 is 1.59 bits per heavy atom.